The highest BCUT2D eigenvalue weighted by Gasteiger charge is 2.21. The molecule has 1 saturated heterocycles. The van der Waals surface area contributed by atoms with Crippen LogP contribution in [0.2, 0.25) is 0 Å². The summed E-state index contributed by atoms with van der Waals surface area (Å²) in [6.07, 6.45) is 2.48. The first-order chi connectivity index (χ1) is 12.6. The van der Waals surface area contributed by atoms with E-state index in [1.807, 2.05) is 48.5 Å². The highest BCUT2D eigenvalue weighted by Crippen LogP contribution is 2.24. The van der Waals surface area contributed by atoms with Crippen molar-refractivity contribution in [3.8, 4) is 5.75 Å². The van der Waals surface area contributed by atoms with Crippen molar-refractivity contribution in [3.05, 3.63) is 53.0 Å². The van der Waals surface area contributed by atoms with E-state index in [9.17, 15) is 9.59 Å². The van der Waals surface area contributed by atoms with Gasteiger partial charge in [-0.15, -0.1) is 0 Å². The van der Waals surface area contributed by atoms with Crippen molar-refractivity contribution in [2.75, 3.05) is 23.4 Å². The maximum absolute atomic E-state index is 12.1. The SMILES string of the molecule is O=C(CCCOc1cccc(Br)c1)Nc1cccc(N2CCCC2=O)c1. The lowest BCUT2D eigenvalue weighted by atomic mass is 10.2. The van der Waals surface area contributed by atoms with Gasteiger partial charge in [-0.2, -0.15) is 0 Å². The number of nitrogens with one attached hydrogen (secondary N) is 1. The molecule has 2 aromatic rings. The van der Waals surface area contributed by atoms with Crippen molar-refractivity contribution < 1.29 is 14.3 Å². The van der Waals surface area contributed by atoms with Gasteiger partial charge in [-0.3, -0.25) is 9.59 Å². The summed E-state index contributed by atoms with van der Waals surface area (Å²) in [4.78, 5) is 25.7. The van der Waals surface area contributed by atoms with E-state index in [-0.39, 0.29) is 11.8 Å². The number of carbonyl (C=O) groups excluding carboxylic acids is 2. The highest BCUT2D eigenvalue weighted by molar-refractivity contribution is 9.10. The van der Waals surface area contributed by atoms with Crippen LogP contribution in [0.4, 0.5) is 11.4 Å². The smallest absolute Gasteiger partial charge is 0.227 e. The van der Waals surface area contributed by atoms with Gasteiger partial charge in [-0.25, -0.2) is 0 Å². The summed E-state index contributed by atoms with van der Waals surface area (Å²) in [6.45, 7) is 1.22. The van der Waals surface area contributed by atoms with E-state index in [1.54, 1.807) is 4.90 Å². The van der Waals surface area contributed by atoms with Crippen LogP contribution in [0.15, 0.2) is 53.0 Å². The first kappa shape index (κ1) is 18.5. The van der Waals surface area contributed by atoms with Crippen LogP contribution in [-0.2, 0) is 9.59 Å². The Morgan fingerprint density at radius 3 is 2.81 bits per heavy atom. The number of benzene rings is 2. The summed E-state index contributed by atoms with van der Waals surface area (Å²) in [5.41, 5.74) is 1.54. The molecule has 0 aromatic heterocycles. The predicted molar refractivity (Wildman–Crippen MR) is 106 cm³/mol. The van der Waals surface area contributed by atoms with Crippen LogP contribution in [0.1, 0.15) is 25.7 Å². The van der Waals surface area contributed by atoms with Gasteiger partial charge in [-0.05, 0) is 49.2 Å². The van der Waals surface area contributed by atoms with Crippen molar-refractivity contribution in [1.82, 2.24) is 0 Å². The number of hydrogen-bond donors (Lipinski definition) is 1. The number of nitrogens with zero attached hydrogens (tertiary/aromatic N) is 1. The molecule has 0 spiro atoms. The van der Waals surface area contributed by atoms with Gasteiger partial charge in [0.25, 0.3) is 0 Å². The van der Waals surface area contributed by atoms with E-state index in [1.165, 1.54) is 0 Å². The third-order valence-electron chi connectivity index (χ3n) is 4.13. The molecule has 0 unspecified atom stereocenters. The lowest BCUT2D eigenvalue weighted by Crippen LogP contribution is -2.23. The maximum Gasteiger partial charge on any atom is 0.227 e. The van der Waals surface area contributed by atoms with Crippen LogP contribution in [-0.4, -0.2) is 25.0 Å². The van der Waals surface area contributed by atoms with Crippen molar-refractivity contribution in [1.29, 1.82) is 0 Å². The molecule has 26 heavy (non-hydrogen) atoms. The Kier molecular flexibility index (Phi) is 6.28. The zero-order chi connectivity index (χ0) is 18.4. The first-order valence-electron chi connectivity index (χ1n) is 8.70. The van der Waals surface area contributed by atoms with Gasteiger partial charge in [0.1, 0.15) is 5.75 Å². The van der Waals surface area contributed by atoms with Gasteiger partial charge in [0.15, 0.2) is 0 Å². The number of ether oxygens (including phenoxy) is 1. The molecule has 3 rings (SSSR count). The lowest BCUT2D eigenvalue weighted by Gasteiger charge is -2.16. The van der Waals surface area contributed by atoms with Crippen molar-refractivity contribution >= 4 is 39.1 Å². The van der Waals surface area contributed by atoms with Crippen LogP contribution in [0.3, 0.4) is 0 Å². The Labute approximate surface area is 161 Å². The standard InChI is InChI=1S/C20H21BrN2O3/c21-15-5-1-8-18(13-15)26-12-4-9-19(24)22-16-6-2-7-17(14-16)23-11-3-10-20(23)25/h1-2,5-8,13-14H,3-4,9-12H2,(H,22,24). The second-order valence-electron chi connectivity index (χ2n) is 6.16. The molecule has 1 N–H and O–H groups in total. The second-order valence-corrected chi connectivity index (χ2v) is 7.07. The molecule has 0 atom stereocenters. The van der Waals surface area contributed by atoms with Gasteiger partial charge in [0, 0.05) is 35.2 Å². The Morgan fingerprint density at radius 1 is 1.19 bits per heavy atom. The molecule has 5 nitrogen and oxygen atoms in total. The van der Waals surface area contributed by atoms with E-state index in [4.69, 9.17) is 4.74 Å². The average molecular weight is 417 g/mol. The minimum atomic E-state index is -0.0623. The molecule has 2 amide bonds. The number of anilines is 2. The molecule has 6 heteroatoms. The molecule has 2 aromatic carbocycles. The number of carbonyl (C=O) groups is 2. The van der Waals surface area contributed by atoms with Gasteiger partial charge in [0.2, 0.25) is 11.8 Å². The van der Waals surface area contributed by atoms with E-state index in [2.05, 4.69) is 21.2 Å². The van der Waals surface area contributed by atoms with Crippen molar-refractivity contribution in [2.45, 2.75) is 25.7 Å². The van der Waals surface area contributed by atoms with Crippen molar-refractivity contribution in [3.63, 3.8) is 0 Å². The Morgan fingerprint density at radius 2 is 2.04 bits per heavy atom. The maximum atomic E-state index is 12.1. The van der Waals surface area contributed by atoms with E-state index in [0.29, 0.717) is 31.6 Å². The molecule has 0 radical (unpaired) electrons. The van der Waals surface area contributed by atoms with Crippen LogP contribution < -0.4 is 15.0 Å². The summed E-state index contributed by atoms with van der Waals surface area (Å²) in [5, 5.41) is 2.89. The summed E-state index contributed by atoms with van der Waals surface area (Å²) in [5.74, 6) is 0.855. The van der Waals surface area contributed by atoms with Crippen LogP contribution in [0.5, 0.6) is 5.75 Å². The molecule has 0 bridgehead atoms. The minimum absolute atomic E-state index is 0.0623. The van der Waals surface area contributed by atoms with Crippen LogP contribution in [0, 0.1) is 0 Å². The second kappa shape index (κ2) is 8.85. The fourth-order valence-corrected chi connectivity index (χ4v) is 3.25. The summed E-state index contributed by atoms with van der Waals surface area (Å²) in [7, 11) is 0. The first-order valence-corrected chi connectivity index (χ1v) is 9.50. The molecule has 0 saturated carbocycles. The summed E-state index contributed by atoms with van der Waals surface area (Å²) < 4.78 is 6.59. The fraction of sp³-hybridized carbons (Fsp3) is 0.300. The summed E-state index contributed by atoms with van der Waals surface area (Å²) in [6, 6.07) is 15.0. The van der Waals surface area contributed by atoms with E-state index in [0.717, 1.165) is 28.9 Å². The van der Waals surface area contributed by atoms with E-state index >= 15 is 0 Å². The number of halogens is 1. The quantitative estimate of drug-likeness (QED) is 0.681. The van der Waals surface area contributed by atoms with Gasteiger partial charge in [0.05, 0.1) is 6.61 Å². The monoisotopic (exact) mass is 416 g/mol. The number of rotatable bonds is 7. The molecular weight excluding hydrogens is 396 g/mol. The third kappa shape index (κ3) is 5.08. The normalized spacial score (nSPS) is 13.7. The van der Waals surface area contributed by atoms with Crippen molar-refractivity contribution in [2.24, 2.45) is 0 Å². The van der Waals surface area contributed by atoms with Gasteiger partial charge < -0.3 is 15.0 Å². The lowest BCUT2D eigenvalue weighted by molar-refractivity contribution is -0.117. The minimum Gasteiger partial charge on any atom is -0.494 e. The largest absolute Gasteiger partial charge is 0.494 e. The fourth-order valence-electron chi connectivity index (χ4n) is 2.88. The Bertz CT molecular complexity index is 794. The number of amides is 2. The van der Waals surface area contributed by atoms with Crippen LogP contribution in [0.25, 0.3) is 0 Å². The molecule has 136 valence electrons. The van der Waals surface area contributed by atoms with Gasteiger partial charge >= 0.3 is 0 Å². The predicted octanol–water partition coefficient (Wildman–Crippen LogP) is 4.37. The molecule has 1 aliphatic heterocycles. The Balaban J connectivity index is 1.45. The van der Waals surface area contributed by atoms with Crippen LogP contribution >= 0.6 is 15.9 Å². The molecule has 1 fully saturated rings. The molecule has 1 heterocycles. The molecule has 1 aliphatic rings. The topological polar surface area (TPSA) is 58.6 Å². The van der Waals surface area contributed by atoms with E-state index < -0.39 is 0 Å². The van der Waals surface area contributed by atoms with Gasteiger partial charge in [-0.1, -0.05) is 28.1 Å². The Hall–Kier alpha value is -2.34. The summed E-state index contributed by atoms with van der Waals surface area (Å²) >= 11 is 3.40. The zero-order valence-electron chi connectivity index (χ0n) is 14.4. The average Bonchev–Trinajstić information content (AvgIpc) is 3.05. The zero-order valence-corrected chi connectivity index (χ0v) is 16.0. The third-order valence-corrected chi connectivity index (χ3v) is 4.62. The molecular formula is C20H21BrN2O3. The highest BCUT2D eigenvalue weighted by atomic mass is 79.9. The number of hydrogen-bond acceptors (Lipinski definition) is 3. The molecule has 0 aliphatic carbocycles.